The van der Waals surface area contributed by atoms with Crippen LogP contribution in [0.1, 0.15) is 42.5 Å². The smallest absolute Gasteiger partial charge is 0.292 e. The van der Waals surface area contributed by atoms with Crippen LogP contribution < -0.4 is 27.0 Å². The molecule has 3 heterocycles. The van der Waals surface area contributed by atoms with Gasteiger partial charge in [-0.05, 0) is 13.0 Å². The quantitative estimate of drug-likeness (QED) is 0.506. The first-order valence-corrected chi connectivity index (χ1v) is 10.8. The minimum atomic E-state index is -2.93. The lowest BCUT2D eigenvalue weighted by molar-refractivity contribution is 0.146. The lowest BCUT2D eigenvalue weighted by atomic mass is 10.0. The fraction of sp³-hybridized carbons (Fsp3) is 0.409. The largest absolute Gasteiger partial charge is 0.361 e. The van der Waals surface area contributed by atoms with Gasteiger partial charge < -0.3 is 15.5 Å². The van der Waals surface area contributed by atoms with Gasteiger partial charge in [0.2, 0.25) is 0 Å². The van der Waals surface area contributed by atoms with Crippen molar-refractivity contribution in [2.45, 2.75) is 31.9 Å². The molecule has 1 aromatic heterocycles. The molecule has 1 fully saturated rings. The minimum absolute atomic E-state index is 0.00678. The molecule has 180 valence electrons. The van der Waals surface area contributed by atoms with E-state index in [1.807, 2.05) is 4.90 Å². The van der Waals surface area contributed by atoms with E-state index in [1.54, 1.807) is 13.0 Å². The molecule has 4 N–H and O–H groups in total. The first kappa shape index (κ1) is 23.4. The zero-order valence-electron chi connectivity index (χ0n) is 18.7. The highest BCUT2D eigenvalue weighted by Crippen LogP contribution is 2.31. The summed E-state index contributed by atoms with van der Waals surface area (Å²) in [5.41, 5.74) is 5.70. The van der Waals surface area contributed by atoms with Crippen molar-refractivity contribution < 1.29 is 13.2 Å². The van der Waals surface area contributed by atoms with E-state index in [0.717, 1.165) is 10.7 Å². The molecule has 2 atom stereocenters. The Bertz CT molecular complexity index is 1210. The molecule has 0 radical (unpaired) electrons. The summed E-state index contributed by atoms with van der Waals surface area (Å²) in [4.78, 5) is 14.7. The molecule has 34 heavy (non-hydrogen) atoms. The summed E-state index contributed by atoms with van der Waals surface area (Å²) in [7, 11) is 1.49. The standard InChI is InChI=1S/C22H25F3N8O/c1-12(14-4-3-5-15(18(14)23)20(24)25)28-21-16-10-17(29-30-19(16)22(34)32(2)31-21)33-9-8-27-13(11-33)6-7-26/h3-5,10,12-13,20,27,29-30H,6,8-9,11H2,1-2H3,(H,28,31)/t12-,13?/m1/s1. The maximum absolute atomic E-state index is 14.7. The van der Waals surface area contributed by atoms with Crippen molar-refractivity contribution in [1.82, 2.24) is 25.4 Å². The molecule has 2 aliphatic rings. The number of nitrogens with one attached hydrogen (secondary N) is 4. The van der Waals surface area contributed by atoms with Crippen molar-refractivity contribution in [3.63, 3.8) is 0 Å². The maximum Gasteiger partial charge on any atom is 0.292 e. The van der Waals surface area contributed by atoms with Gasteiger partial charge in [-0.3, -0.25) is 15.6 Å². The molecule has 0 saturated carbocycles. The molecular formula is C22H25F3N8O. The topological polar surface area (TPSA) is 110 Å². The van der Waals surface area contributed by atoms with Crippen molar-refractivity contribution in [2.75, 3.05) is 30.4 Å². The molecule has 2 aliphatic heterocycles. The van der Waals surface area contributed by atoms with E-state index in [9.17, 15) is 18.0 Å². The molecule has 0 bridgehead atoms. The predicted octanol–water partition coefficient (Wildman–Crippen LogP) is 2.45. The fourth-order valence-electron chi connectivity index (χ4n) is 4.13. The van der Waals surface area contributed by atoms with Crippen LogP contribution in [0, 0.1) is 17.1 Å². The number of hydrogen-bond acceptors (Lipinski definition) is 8. The Balaban J connectivity index is 1.67. The van der Waals surface area contributed by atoms with E-state index in [1.165, 1.54) is 19.2 Å². The summed E-state index contributed by atoms with van der Waals surface area (Å²) in [6.07, 6.45) is -0.806. The average Bonchev–Trinajstić information content (AvgIpc) is 2.82. The van der Waals surface area contributed by atoms with E-state index in [-0.39, 0.29) is 22.9 Å². The van der Waals surface area contributed by atoms with Crippen LogP contribution in [0.25, 0.3) is 6.08 Å². The van der Waals surface area contributed by atoms with Gasteiger partial charge in [0.15, 0.2) is 5.82 Å². The van der Waals surface area contributed by atoms with Crippen molar-refractivity contribution in [3.05, 3.63) is 56.9 Å². The third-order valence-electron chi connectivity index (χ3n) is 5.93. The van der Waals surface area contributed by atoms with E-state index >= 15 is 0 Å². The summed E-state index contributed by atoms with van der Waals surface area (Å²) >= 11 is 0. The number of hydrazine groups is 1. The molecule has 9 nitrogen and oxygen atoms in total. The number of rotatable bonds is 6. The van der Waals surface area contributed by atoms with Gasteiger partial charge in [0.25, 0.3) is 12.0 Å². The Morgan fingerprint density at radius 3 is 2.82 bits per heavy atom. The highest BCUT2D eigenvalue weighted by atomic mass is 19.3. The van der Waals surface area contributed by atoms with Crippen molar-refractivity contribution in [1.29, 1.82) is 5.26 Å². The zero-order valence-corrected chi connectivity index (χ0v) is 18.7. The summed E-state index contributed by atoms with van der Waals surface area (Å²) in [6, 6.07) is 5.34. The number of fused-ring (bicyclic) bond motifs is 1. The SMILES string of the molecule is C[C@@H](Nc1nn(C)c(=O)c2c1C=C(N1CCNC(CC#N)C1)NN2)c1cccc(C(F)F)c1F. The van der Waals surface area contributed by atoms with Crippen LogP contribution in [0.5, 0.6) is 0 Å². The molecule has 0 amide bonds. The molecule has 0 spiro atoms. The number of anilines is 2. The third-order valence-corrected chi connectivity index (χ3v) is 5.93. The van der Waals surface area contributed by atoms with Gasteiger partial charge in [0.1, 0.15) is 17.3 Å². The normalized spacial score (nSPS) is 18.3. The van der Waals surface area contributed by atoms with Crippen molar-refractivity contribution in [2.24, 2.45) is 7.05 Å². The van der Waals surface area contributed by atoms with Crippen LogP contribution in [-0.4, -0.2) is 40.4 Å². The number of nitriles is 1. The second-order valence-corrected chi connectivity index (χ2v) is 8.22. The van der Waals surface area contributed by atoms with Gasteiger partial charge >= 0.3 is 0 Å². The Morgan fingerprint density at radius 2 is 2.09 bits per heavy atom. The van der Waals surface area contributed by atoms with E-state index < -0.39 is 23.8 Å². The van der Waals surface area contributed by atoms with E-state index in [0.29, 0.717) is 43.3 Å². The number of aromatic nitrogens is 2. The van der Waals surface area contributed by atoms with Crippen LogP contribution in [-0.2, 0) is 7.05 Å². The van der Waals surface area contributed by atoms with Gasteiger partial charge in [-0.15, -0.1) is 0 Å². The molecule has 0 aliphatic carbocycles. The maximum atomic E-state index is 14.7. The van der Waals surface area contributed by atoms with Crippen LogP contribution in [0.2, 0.25) is 0 Å². The number of nitrogens with zero attached hydrogens (tertiary/aromatic N) is 4. The van der Waals surface area contributed by atoms with Gasteiger partial charge in [0, 0.05) is 38.3 Å². The first-order chi connectivity index (χ1) is 16.3. The average molecular weight is 474 g/mol. The molecule has 1 aromatic carbocycles. The lowest BCUT2D eigenvalue weighted by Crippen LogP contribution is -2.52. The molecule has 1 saturated heterocycles. The second-order valence-electron chi connectivity index (χ2n) is 8.22. The van der Waals surface area contributed by atoms with Crippen LogP contribution >= 0.6 is 0 Å². The van der Waals surface area contributed by atoms with Gasteiger partial charge in [0.05, 0.1) is 29.7 Å². The Hall–Kier alpha value is -3.72. The van der Waals surface area contributed by atoms with Gasteiger partial charge in [-0.25, -0.2) is 17.9 Å². The second kappa shape index (κ2) is 9.64. The molecule has 2 aromatic rings. The lowest BCUT2D eigenvalue weighted by Gasteiger charge is -2.37. The molecular weight excluding hydrogens is 449 g/mol. The zero-order chi connectivity index (χ0) is 24.4. The summed E-state index contributed by atoms with van der Waals surface area (Å²) in [5, 5.41) is 19.7. The Labute approximate surface area is 194 Å². The summed E-state index contributed by atoms with van der Waals surface area (Å²) in [6.45, 7) is 3.59. The van der Waals surface area contributed by atoms with E-state index in [2.05, 4.69) is 32.7 Å². The number of aryl methyl sites for hydroxylation is 1. The first-order valence-electron chi connectivity index (χ1n) is 10.8. The summed E-state index contributed by atoms with van der Waals surface area (Å²) in [5.74, 6) is 0.00629. The number of benzene rings is 1. The Kier molecular flexibility index (Phi) is 6.65. The Morgan fingerprint density at radius 1 is 1.32 bits per heavy atom. The minimum Gasteiger partial charge on any atom is -0.361 e. The molecule has 1 unspecified atom stereocenters. The number of piperazine rings is 1. The third kappa shape index (κ3) is 4.51. The van der Waals surface area contributed by atoms with Crippen LogP contribution in [0.15, 0.2) is 28.8 Å². The van der Waals surface area contributed by atoms with Crippen molar-refractivity contribution >= 4 is 17.6 Å². The highest BCUT2D eigenvalue weighted by molar-refractivity contribution is 5.78. The number of hydrogen-bond donors (Lipinski definition) is 4. The van der Waals surface area contributed by atoms with Crippen LogP contribution in [0.4, 0.5) is 24.7 Å². The highest BCUT2D eigenvalue weighted by Gasteiger charge is 2.27. The van der Waals surface area contributed by atoms with Gasteiger partial charge in [-0.2, -0.15) is 10.4 Å². The molecule has 12 heteroatoms. The van der Waals surface area contributed by atoms with Crippen molar-refractivity contribution in [3.8, 4) is 6.07 Å². The molecule has 4 rings (SSSR count). The van der Waals surface area contributed by atoms with E-state index in [4.69, 9.17) is 5.26 Å². The number of halogens is 3. The predicted molar refractivity (Wildman–Crippen MR) is 121 cm³/mol. The monoisotopic (exact) mass is 474 g/mol. The fourth-order valence-corrected chi connectivity index (χ4v) is 4.13. The number of alkyl halides is 2. The van der Waals surface area contributed by atoms with Gasteiger partial charge in [-0.1, -0.05) is 18.2 Å². The van der Waals surface area contributed by atoms with Crippen LogP contribution in [0.3, 0.4) is 0 Å². The summed E-state index contributed by atoms with van der Waals surface area (Å²) < 4.78 is 42.1.